The molecule has 32 rings (SSSR count). The van der Waals surface area contributed by atoms with Gasteiger partial charge in [0.2, 0.25) is 0 Å². The molecule has 4 atom stereocenters. The van der Waals surface area contributed by atoms with Gasteiger partial charge in [0, 0.05) is 74.8 Å². The van der Waals surface area contributed by atoms with Gasteiger partial charge in [0.25, 0.3) is 0 Å². The second-order valence-corrected chi connectivity index (χ2v) is 41.6. The average Bonchev–Trinajstić information content (AvgIpc) is 1.48. The van der Waals surface area contributed by atoms with E-state index in [9.17, 15) is 0 Å². The highest BCUT2D eigenvalue weighted by Gasteiger charge is 2.59. The molecule has 20 aromatic carbocycles. The molecule has 8 aliphatic rings. The van der Waals surface area contributed by atoms with Gasteiger partial charge in [-0.1, -0.05) is 358 Å². The van der Waals surface area contributed by atoms with Crippen LogP contribution in [0, 0.1) is 0 Å². The Hall–Kier alpha value is -16.6. The van der Waals surface area contributed by atoms with Gasteiger partial charge in [-0.2, -0.15) is 0 Å². The summed E-state index contributed by atoms with van der Waals surface area (Å²) in [5.74, 6) is 0. The lowest BCUT2D eigenvalue weighted by molar-refractivity contribution is 0.400. The summed E-state index contributed by atoms with van der Waals surface area (Å²) >= 11 is 0. The maximum Gasteiger partial charge on any atom is 0.143 e. The number of benzene rings is 20. The zero-order valence-electron chi connectivity index (χ0n) is 81.5. The molecule has 0 bridgehead atoms. The summed E-state index contributed by atoms with van der Waals surface area (Å²) in [4.78, 5) is 9.11. The van der Waals surface area contributed by atoms with Gasteiger partial charge in [-0.3, -0.25) is 0 Å². The Bertz CT molecular complexity index is 9380. The van der Waals surface area contributed by atoms with E-state index in [-0.39, 0.29) is 21.7 Å². The van der Waals surface area contributed by atoms with E-state index in [1.807, 2.05) is 12.1 Å². The molecule has 144 heavy (non-hydrogen) atoms. The number of rotatable bonds is 8. The van der Waals surface area contributed by atoms with E-state index >= 15 is 0 Å². The topological polar surface area (TPSA) is 65.5 Å². The van der Waals surface area contributed by atoms with Crippen molar-refractivity contribution in [1.29, 1.82) is 0 Å². The summed E-state index contributed by atoms with van der Waals surface area (Å²) in [6, 6.07) is 152. The zero-order valence-corrected chi connectivity index (χ0v) is 81.5. The molecule has 4 spiro atoms. The van der Waals surface area contributed by atoms with Gasteiger partial charge in [0.15, 0.2) is 0 Å². The molecule has 0 aliphatic heterocycles. The first kappa shape index (κ1) is 84.3. The standard InChI is InChI=1S/4C34H25NO/c1-35(2)20-21-10-9-14-24-22-11-3-6-15-27(22)34(32(21)24)28-16-7-4-13-26(28)31-29(34)19-18-25-23-12-5-8-17-30(23)36-33(25)31;1-35(2)20-21-10-9-14-25-22-11-3-6-15-28(22)34(33(21)25)29-16-7-4-12-23(29)26-19-32-27(18-30(26)34)24-13-5-8-17-31(24)36-32;1-35(2)20-21-10-9-14-25-22-11-3-6-15-28(22)34(33(21)25)29-16-7-4-12-23(29)26-18-27-24-13-5-8-17-31(24)36-32(27)19-30(26)34;1-35(2)20-21-10-9-14-23-22-11-3-6-15-26(22)34(33(21)23)27-16-7-4-12-24(27)31-28(34)18-19-30-32(31)25-13-5-8-17-29(25)36-30/h4*3-19H,20H2,1-2H3. The third-order valence-corrected chi connectivity index (χ3v) is 32.7. The summed E-state index contributed by atoms with van der Waals surface area (Å²) in [6.07, 6.45) is 0. The SMILES string of the molecule is CN(C)Cc1cccc2c1C1(c3ccccc3-2)c2ccccc2-c2c1ccc1c2oc2ccccc21.CN(C)Cc1cccc2c1C1(c3ccccc3-2)c2ccccc2-c2c1ccc1oc3ccccc3c21.CN(C)Cc1cccc2c1C1(c3ccccc3-c3cc4c(cc31)oc1ccccc14)c1ccccc1-2.CN(C)Cc1cccc2c1C1(c3ccccc3-c3cc4oc5ccccc5c4cc31)c1ccccc1-2. The maximum absolute atomic E-state index is 6.62. The molecule has 0 N–H and O–H groups in total. The molecule has 24 aromatic rings. The highest BCUT2D eigenvalue weighted by Crippen LogP contribution is 2.71. The minimum atomic E-state index is -0.363. The molecule has 0 fully saturated rings. The fourth-order valence-corrected chi connectivity index (χ4v) is 28.0. The smallest absolute Gasteiger partial charge is 0.143 e. The van der Waals surface area contributed by atoms with Gasteiger partial charge >= 0.3 is 0 Å². The summed E-state index contributed by atoms with van der Waals surface area (Å²) < 4.78 is 25.8. The van der Waals surface area contributed by atoms with Gasteiger partial charge in [0.05, 0.1) is 21.7 Å². The van der Waals surface area contributed by atoms with E-state index in [0.29, 0.717) is 0 Å². The Kier molecular flexibility index (Phi) is 18.4. The van der Waals surface area contributed by atoms with Crippen LogP contribution in [0.25, 0.3) is 177 Å². The van der Waals surface area contributed by atoms with Crippen molar-refractivity contribution in [2.45, 2.75) is 47.8 Å². The second kappa shape index (κ2) is 31.5. The van der Waals surface area contributed by atoms with Gasteiger partial charge in [0.1, 0.15) is 44.7 Å². The van der Waals surface area contributed by atoms with Crippen molar-refractivity contribution in [1.82, 2.24) is 19.6 Å². The maximum atomic E-state index is 6.62. The van der Waals surface area contributed by atoms with Crippen LogP contribution in [0.4, 0.5) is 0 Å². The molecular weight excluding hydrogens is 1750 g/mol. The van der Waals surface area contributed by atoms with Crippen LogP contribution in [0.15, 0.2) is 430 Å². The molecule has 4 heterocycles. The summed E-state index contributed by atoms with van der Waals surface area (Å²) in [6.45, 7) is 3.58. The van der Waals surface area contributed by atoms with Crippen LogP contribution < -0.4 is 0 Å². The Balaban J connectivity index is 0.0000000913. The number of fused-ring (bicyclic) bond motifs is 54. The van der Waals surface area contributed by atoms with Crippen LogP contribution in [0.2, 0.25) is 0 Å². The lowest BCUT2D eigenvalue weighted by Gasteiger charge is -2.32. The van der Waals surface area contributed by atoms with Crippen molar-refractivity contribution in [3.8, 4) is 89.0 Å². The molecule has 4 aromatic heterocycles. The molecule has 4 unspecified atom stereocenters. The van der Waals surface area contributed by atoms with Crippen LogP contribution in [-0.4, -0.2) is 76.0 Å². The number of furan rings is 4. The number of para-hydroxylation sites is 4. The van der Waals surface area contributed by atoms with Crippen LogP contribution in [-0.2, 0) is 47.8 Å². The first-order chi connectivity index (χ1) is 70.7. The Labute approximate surface area is 836 Å². The van der Waals surface area contributed by atoms with Crippen molar-refractivity contribution >= 4 is 87.8 Å². The van der Waals surface area contributed by atoms with Gasteiger partial charge < -0.3 is 37.3 Å². The molecule has 8 aliphatic carbocycles. The van der Waals surface area contributed by atoms with E-state index < -0.39 is 0 Å². The van der Waals surface area contributed by atoms with Crippen molar-refractivity contribution in [2.75, 3.05) is 56.4 Å². The van der Waals surface area contributed by atoms with Gasteiger partial charge in [-0.15, -0.1) is 0 Å². The first-order valence-corrected chi connectivity index (χ1v) is 50.4. The second-order valence-electron chi connectivity index (χ2n) is 41.6. The number of hydrogen-bond donors (Lipinski definition) is 0. The normalized spacial score (nSPS) is 17.1. The molecular formula is C136H100N4O4. The van der Waals surface area contributed by atoms with E-state index in [1.54, 1.807) is 0 Å². The average molecular weight is 1850 g/mol. The van der Waals surface area contributed by atoms with Crippen LogP contribution >= 0.6 is 0 Å². The lowest BCUT2D eigenvalue weighted by Crippen LogP contribution is -2.28. The molecule has 8 heteroatoms. The number of nitrogens with zero attached hydrogens (tertiary/aromatic N) is 4. The quantitative estimate of drug-likeness (QED) is 0.149. The highest BCUT2D eigenvalue weighted by molar-refractivity contribution is 6.18. The summed E-state index contributed by atoms with van der Waals surface area (Å²) in [5.41, 5.74) is 54.8. The minimum Gasteiger partial charge on any atom is -0.456 e. The van der Waals surface area contributed by atoms with Gasteiger partial charge in [-0.05, 0) is 306 Å². The molecule has 688 valence electrons. The zero-order chi connectivity index (χ0) is 96.1. The van der Waals surface area contributed by atoms with E-state index in [1.165, 1.54) is 243 Å². The van der Waals surface area contributed by atoms with E-state index in [4.69, 9.17) is 17.7 Å². The fraction of sp³-hybridized carbons (Fsp3) is 0.118. The van der Waals surface area contributed by atoms with Crippen molar-refractivity contribution in [2.24, 2.45) is 0 Å². The molecule has 0 radical (unpaired) electrons. The minimum absolute atomic E-state index is 0.350. The molecule has 8 nitrogen and oxygen atoms in total. The Morgan fingerprint density at radius 2 is 0.438 bits per heavy atom. The predicted molar refractivity (Wildman–Crippen MR) is 590 cm³/mol. The van der Waals surface area contributed by atoms with Crippen LogP contribution in [0.1, 0.15) is 111 Å². The Morgan fingerprint density at radius 3 is 0.840 bits per heavy atom. The molecule has 0 saturated heterocycles. The van der Waals surface area contributed by atoms with Crippen LogP contribution in [0.3, 0.4) is 0 Å². The van der Waals surface area contributed by atoms with Crippen LogP contribution in [0.5, 0.6) is 0 Å². The van der Waals surface area contributed by atoms with E-state index in [2.05, 4.69) is 476 Å². The highest BCUT2D eigenvalue weighted by atomic mass is 16.3. The molecule has 0 saturated carbocycles. The summed E-state index contributed by atoms with van der Waals surface area (Å²) in [5, 5.41) is 9.49. The first-order valence-electron chi connectivity index (χ1n) is 50.4. The van der Waals surface area contributed by atoms with Crippen molar-refractivity contribution < 1.29 is 17.7 Å². The predicted octanol–water partition coefficient (Wildman–Crippen LogP) is 32.0. The van der Waals surface area contributed by atoms with Crippen molar-refractivity contribution in [3.05, 3.63) is 524 Å². The third-order valence-electron chi connectivity index (χ3n) is 32.7. The van der Waals surface area contributed by atoms with Gasteiger partial charge in [-0.25, -0.2) is 0 Å². The third kappa shape index (κ3) is 11.4. The lowest BCUT2D eigenvalue weighted by atomic mass is 9.69. The fourth-order valence-electron chi connectivity index (χ4n) is 28.0. The van der Waals surface area contributed by atoms with E-state index in [0.717, 1.165) is 70.8 Å². The molecule has 0 amide bonds. The largest absolute Gasteiger partial charge is 0.456 e. The summed E-state index contributed by atoms with van der Waals surface area (Å²) in [7, 11) is 17.3. The monoisotopic (exact) mass is 1850 g/mol. The number of hydrogen-bond acceptors (Lipinski definition) is 8. The Morgan fingerprint density at radius 1 is 0.167 bits per heavy atom. The van der Waals surface area contributed by atoms with Crippen molar-refractivity contribution in [3.63, 3.8) is 0 Å².